The molecule has 0 saturated carbocycles. The summed E-state index contributed by atoms with van der Waals surface area (Å²) in [6.07, 6.45) is 2.65. The first-order chi connectivity index (χ1) is 19.4. The summed E-state index contributed by atoms with van der Waals surface area (Å²) in [5.74, 6) is 7.32. The molecule has 0 bridgehead atoms. The van der Waals surface area contributed by atoms with E-state index in [0.29, 0.717) is 30.2 Å². The number of amidine groups is 1. The van der Waals surface area contributed by atoms with E-state index in [9.17, 15) is 0 Å². The van der Waals surface area contributed by atoms with Gasteiger partial charge in [-0.15, -0.1) is 19.7 Å². The monoisotopic (exact) mass is 555 g/mol. The third-order valence-electron chi connectivity index (χ3n) is 5.81. The number of hydrogen-bond acceptors (Lipinski definition) is 5. The summed E-state index contributed by atoms with van der Waals surface area (Å²) in [5, 5.41) is 6.65. The van der Waals surface area contributed by atoms with Crippen LogP contribution in [0.15, 0.2) is 114 Å². The lowest BCUT2D eigenvalue weighted by molar-refractivity contribution is 0.832. The molecule has 1 aliphatic rings. The van der Waals surface area contributed by atoms with E-state index in [0.717, 1.165) is 40.4 Å². The predicted octanol–water partition coefficient (Wildman–Crippen LogP) is 8.16. The Balaban J connectivity index is 0. The lowest BCUT2D eigenvalue weighted by atomic mass is 10.0. The van der Waals surface area contributed by atoms with Gasteiger partial charge in [-0.25, -0.2) is 4.99 Å². The Bertz CT molecular complexity index is 1230. The van der Waals surface area contributed by atoms with Crippen molar-refractivity contribution in [2.75, 3.05) is 6.54 Å². The lowest BCUT2D eigenvalue weighted by Gasteiger charge is -2.14. The third-order valence-corrected chi connectivity index (χ3v) is 5.81. The van der Waals surface area contributed by atoms with Gasteiger partial charge in [0.1, 0.15) is 11.5 Å². The van der Waals surface area contributed by atoms with Crippen molar-refractivity contribution in [1.82, 2.24) is 10.6 Å². The van der Waals surface area contributed by atoms with Gasteiger partial charge in [-0.05, 0) is 69.7 Å². The molecule has 0 radical (unpaired) electrons. The molecule has 0 aromatic heterocycles. The van der Waals surface area contributed by atoms with Crippen LogP contribution < -0.4 is 16.4 Å². The van der Waals surface area contributed by atoms with Crippen LogP contribution in [-0.4, -0.2) is 18.1 Å². The average Bonchev–Trinajstić information content (AvgIpc) is 3.41. The third kappa shape index (κ3) is 14.1. The first-order valence-corrected chi connectivity index (χ1v) is 13.9. The number of aliphatic imine (C=N–C) groups is 2. The highest BCUT2D eigenvalue weighted by Crippen LogP contribution is 2.17. The summed E-state index contributed by atoms with van der Waals surface area (Å²) in [6, 6.07) is 6.38. The Hall–Kier alpha value is -4.30. The maximum Gasteiger partial charge on any atom is 0.135 e. The summed E-state index contributed by atoms with van der Waals surface area (Å²) in [4.78, 5) is 9.23. The molecule has 5 nitrogen and oxygen atoms in total. The van der Waals surface area contributed by atoms with Crippen LogP contribution in [-0.2, 0) is 13.0 Å². The molecule has 1 aliphatic heterocycles. The number of nitrogens with zero attached hydrogens (tertiary/aromatic N) is 2. The SMILES string of the molecule is C=C.C=C1CN=C(c2ccc(CNC(=C)C(C#CC(C)C(=C)C)=N/C(C)=C(/C)C(=C)N)c(CC)c2)N1.C=CC.CC. The predicted molar refractivity (Wildman–Crippen MR) is 185 cm³/mol. The average molecular weight is 556 g/mol. The van der Waals surface area contributed by atoms with Crippen LogP contribution in [0.3, 0.4) is 0 Å². The number of nitrogens with one attached hydrogen (secondary N) is 2. The van der Waals surface area contributed by atoms with E-state index in [2.05, 4.69) is 98.6 Å². The molecular weight excluding hydrogens is 502 g/mol. The van der Waals surface area contributed by atoms with Crippen molar-refractivity contribution >= 4 is 11.5 Å². The van der Waals surface area contributed by atoms with Gasteiger partial charge in [0.25, 0.3) is 0 Å². The summed E-state index contributed by atoms with van der Waals surface area (Å²) < 4.78 is 0. The lowest BCUT2D eigenvalue weighted by Crippen LogP contribution is -2.21. The van der Waals surface area contributed by atoms with E-state index in [1.54, 1.807) is 6.08 Å². The van der Waals surface area contributed by atoms with E-state index in [-0.39, 0.29) is 5.92 Å². The van der Waals surface area contributed by atoms with Crippen LogP contribution in [0.5, 0.6) is 0 Å². The second-order valence-corrected chi connectivity index (χ2v) is 9.00. The van der Waals surface area contributed by atoms with Gasteiger partial charge in [-0.3, -0.25) is 4.99 Å². The van der Waals surface area contributed by atoms with Crippen molar-refractivity contribution in [3.8, 4) is 11.8 Å². The first kappa shape index (κ1) is 38.8. The van der Waals surface area contributed by atoms with Gasteiger partial charge in [0.15, 0.2) is 0 Å². The largest absolute Gasteiger partial charge is 0.399 e. The highest BCUT2D eigenvalue weighted by molar-refractivity contribution is 6.12. The first-order valence-electron chi connectivity index (χ1n) is 13.9. The molecule has 0 amide bonds. The van der Waals surface area contributed by atoms with Crippen LogP contribution in [0.4, 0.5) is 0 Å². The Labute approximate surface area is 251 Å². The fourth-order valence-electron chi connectivity index (χ4n) is 3.10. The van der Waals surface area contributed by atoms with Gasteiger partial charge in [-0.1, -0.05) is 76.8 Å². The Morgan fingerprint density at radius 3 is 2.22 bits per heavy atom. The zero-order chi connectivity index (χ0) is 32.1. The quantitative estimate of drug-likeness (QED) is 0.125. The molecule has 41 heavy (non-hydrogen) atoms. The number of benzene rings is 1. The number of rotatable bonds is 9. The summed E-state index contributed by atoms with van der Waals surface area (Å²) in [6.45, 7) is 42.4. The van der Waals surface area contributed by atoms with Crippen molar-refractivity contribution in [1.29, 1.82) is 0 Å². The number of aryl methyl sites for hydroxylation is 1. The molecule has 2 rings (SSSR count). The second kappa shape index (κ2) is 21.5. The number of nitrogens with two attached hydrogens (primary N) is 1. The molecule has 0 spiro atoms. The van der Waals surface area contributed by atoms with E-state index in [4.69, 9.17) is 10.7 Å². The van der Waals surface area contributed by atoms with Crippen molar-refractivity contribution in [2.45, 2.75) is 68.4 Å². The highest BCUT2D eigenvalue weighted by Gasteiger charge is 2.13. The molecule has 1 atom stereocenters. The maximum absolute atomic E-state index is 5.86. The van der Waals surface area contributed by atoms with Crippen molar-refractivity contribution in [2.24, 2.45) is 21.6 Å². The van der Waals surface area contributed by atoms with Crippen LogP contribution in [0.25, 0.3) is 0 Å². The van der Waals surface area contributed by atoms with Gasteiger partial charge in [-0.2, -0.15) is 0 Å². The summed E-state index contributed by atoms with van der Waals surface area (Å²) in [7, 11) is 0. The minimum Gasteiger partial charge on any atom is -0.399 e. The number of hydrogen-bond donors (Lipinski definition) is 3. The van der Waals surface area contributed by atoms with Crippen LogP contribution in [0.2, 0.25) is 0 Å². The van der Waals surface area contributed by atoms with Gasteiger partial charge < -0.3 is 16.4 Å². The minimum absolute atomic E-state index is 0.0512. The molecule has 0 aliphatic carbocycles. The van der Waals surface area contributed by atoms with Gasteiger partial charge in [0.05, 0.1) is 12.2 Å². The van der Waals surface area contributed by atoms with Gasteiger partial charge in [0.2, 0.25) is 0 Å². The second-order valence-electron chi connectivity index (χ2n) is 9.00. The van der Waals surface area contributed by atoms with Crippen molar-refractivity contribution in [3.63, 3.8) is 0 Å². The molecule has 1 aromatic rings. The summed E-state index contributed by atoms with van der Waals surface area (Å²) in [5.41, 5.74) is 14.6. The molecule has 222 valence electrons. The molecule has 1 aromatic carbocycles. The van der Waals surface area contributed by atoms with E-state index in [1.165, 1.54) is 11.1 Å². The van der Waals surface area contributed by atoms with E-state index >= 15 is 0 Å². The highest BCUT2D eigenvalue weighted by atomic mass is 15.1. The molecule has 5 heteroatoms. The smallest absolute Gasteiger partial charge is 0.135 e. The fourth-order valence-corrected chi connectivity index (χ4v) is 3.10. The summed E-state index contributed by atoms with van der Waals surface area (Å²) >= 11 is 0. The fraction of sp³-hybridized carbons (Fsp3) is 0.333. The zero-order valence-corrected chi connectivity index (χ0v) is 26.9. The van der Waals surface area contributed by atoms with Gasteiger partial charge >= 0.3 is 0 Å². The molecule has 0 saturated heterocycles. The van der Waals surface area contributed by atoms with E-state index in [1.807, 2.05) is 48.5 Å². The van der Waals surface area contributed by atoms with Crippen LogP contribution in [0, 0.1) is 17.8 Å². The standard InChI is InChI=1S/C29H37N5.C3H6.C2H6.C2H4/c1-10-25-15-26(29-32-16-20(5)33-29)12-13-27(25)17-31-24(9)28(14-11-19(4)18(2)3)34-23(8)21(6)22(7)30;1-3-2;2*1-2/h12-13,15,19,31H,2,5,7,9-10,16-17,30H2,1,3-4,6,8H3,(H,32,33);3H,1H2,2H3;1-2H3;1-2H2/b23-21-,34-28?;;;. The Kier molecular flexibility index (Phi) is 20.4. The molecule has 1 heterocycles. The number of allylic oxidation sites excluding steroid dienone is 5. The minimum atomic E-state index is 0.0512. The molecule has 4 N–H and O–H groups in total. The Morgan fingerprint density at radius 1 is 1.17 bits per heavy atom. The molecule has 1 unspecified atom stereocenters. The van der Waals surface area contributed by atoms with Crippen LogP contribution in [0.1, 0.15) is 72.1 Å². The molecule has 0 fully saturated rings. The zero-order valence-electron chi connectivity index (χ0n) is 26.9. The van der Waals surface area contributed by atoms with Crippen molar-refractivity contribution < 1.29 is 0 Å². The topological polar surface area (TPSA) is 74.8 Å². The van der Waals surface area contributed by atoms with Crippen LogP contribution >= 0.6 is 0 Å². The van der Waals surface area contributed by atoms with E-state index < -0.39 is 0 Å². The maximum atomic E-state index is 5.86. The normalized spacial score (nSPS) is 12.8. The Morgan fingerprint density at radius 2 is 1.76 bits per heavy atom. The van der Waals surface area contributed by atoms with Crippen molar-refractivity contribution in [3.05, 3.63) is 121 Å². The van der Waals surface area contributed by atoms with Gasteiger partial charge in [0, 0.05) is 35.1 Å². The molecular formula is C36H53N5.